The highest BCUT2D eigenvalue weighted by atomic mass is 32.2. The topological polar surface area (TPSA) is 78.0 Å². The Hall–Kier alpha value is -2.51. The van der Waals surface area contributed by atoms with E-state index in [0.717, 1.165) is 36.2 Å². The van der Waals surface area contributed by atoms with Crippen molar-refractivity contribution in [2.24, 2.45) is 5.14 Å². The number of hydrogen-bond donors (Lipinski definition) is 1. The Morgan fingerprint density at radius 1 is 0.968 bits per heavy atom. The van der Waals surface area contributed by atoms with Crippen LogP contribution in [-0.4, -0.2) is 18.2 Å². The van der Waals surface area contributed by atoms with Gasteiger partial charge in [-0.25, -0.2) is 22.6 Å². The lowest BCUT2D eigenvalue weighted by Crippen LogP contribution is -2.12. The largest absolute Gasteiger partial charge is 0.238 e. The zero-order valence-electron chi connectivity index (χ0n) is 17.8. The summed E-state index contributed by atoms with van der Waals surface area (Å²) in [7, 11) is -3.76. The fraction of sp³-hybridized carbons (Fsp3) is 0.333. The molecule has 2 aromatic carbocycles. The average Bonchev–Trinajstić information content (AvgIpc) is 3.17. The molecule has 0 aliphatic rings. The zero-order chi connectivity index (χ0) is 22.3. The molecule has 0 aliphatic heterocycles. The molecule has 0 aliphatic carbocycles. The number of nitrogens with zero attached hydrogens (tertiary/aromatic N) is 2. The summed E-state index contributed by atoms with van der Waals surface area (Å²) in [6.07, 6.45) is 10.2. The van der Waals surface area contributed by atoms with Crippen molar-refractivity contribution >= 4 is 10.0 Å². The fourth-order valence-electron chi connectivity index (χ4n) is 3.54. The van der Waals surface area contributed by atoms with Crippen molar-refractivity contribution in [3.05, 3.63) is 72.5 Å². The molecular weight excluding hydrogens is 413 g/mol. The Morgan fingerprint density at radius 3 is 2.26 bits per heavy atom. The molecule has 3 aromatic rings. The van der Waals surface area contributed by atoms with Crippen molar-refractivity contribution < 1.29 is 12.8 Å². The predicted molar refractivity (Wildman–Crippen MR) is 122 cm³/mol. The maximum absolute atomic E-state index is 13.4. The van der Waals surface area contributed by atoms with Gasteiger partial charge in [0.25, 0.3) is 0 Å². The molecule has 0 saturated heterocycles. The van der Waals surface area contributed by atoms with Crippen LogP contribution in [0.2, 0.25) is 0 Å². The molecule has 0 spiro atoms. The van der Waals surface area contributed by atoms with Gasteiger partial charge in [0.2, 0.25) is 10.0 Å². The molecular formula is C24H29FN3O2S. The second-order valence-electron chi connectivity index (χ2n) is 7.69. The van der Waals surface area contributed by atoms with E-state index in [-0.39, 0.29) is 10.7 Å². The van der Waals surface area contributed by atoms with E-state index in [2.05, 4.69) is 13.3 Å². The van der Waals surface area contributed by atoms with Crippen molar-refractivity contribution in [3.63, 3.8) is 0 Å². The van der Waals surface area contributed by atoms with E-state index in [1.54, 1.807) is 28.9 Å². The standard InChI is InChI=1S/C24H29FN3O2S/c1-2-3-4-5-6-7-8-9-21-18-24(19-10-12-20(25)13-11-19)28(27-21)22-14-16-23(17-15-22)31(26,29)30/h2,10-18H,3-9H2,1H3,(H2,26,29,30). The third-order valence-electron chi connectivity index (χ3n) is 5.24. The minimum atomic E-state index is -3.76. The second kappa shape index (κ2) is 10.7. The number of halogens is 1. The summed E-state index contributed by atoms with van der Waals surface area (Å²) in [5.41, 5.74) is 3.34. The van der Waals surface area contributed by atoms with Gasteiger partial charge in [0.05, 0.1) is 22.0 Å². The van der Waals surface area contributed by atoms with Crippen molar-refractivity contribution in [2.75, 3.05) is 0 Å². The van der Waals surface area contributed by atoms with Gasteiger partial charge in [0, 0.05) is 5.56 Å². The van der Waals surface area contributed by atoms with E-state index >= 15 is 0 Å². The summed E-state index contributed by atoms with van der Waals surface area (Å²) in [5, 5.41) is 9.96. The van der Waals surface area contributed by atoms with E-state index in [1.807, 2.05) is 6.07 Å². The van der Waals surface area contributed by atoms with Gasteiger partial charge >= 0.3 is 0 Å². The van der Waals surface area contributed by atoms with Crippen LogP contribution in [0.25, 0.3) is 16.9 Å². The summed E-state index contributed by atoms with van der Waals surface area (Å²) < 4.78 is 38.3. The van der Waals surface area contributed by atoms with Gasteiger partial charge in [-0.3, -0.25) is 0 Å². The van der Waals surface area contributed by atoms with E-state index in [9.17, 15) is 12.8 Å². The molecule has 0 amide bonds. The summed E-state index contributed by atoms with van der Waals surface area (Å²) in [5.74, 6) is -0.298. The Morgan fingerprint density at radius 2 is 1.61 bits per heavy atom. The van der Waals surface area contributed by atoms with Crippen LogP contribution in [0, 0.1) is 12.2 Å². The molecule has 31 heavy (non-hydrogen) atoms. The van der Waals surface area contributed by atoms with Gasteiger partial charge in [-0.15, -0.1) is 0 Å². The molecule has 0 unspecified atom stereocenters. The van der Waals surface area contributed by atoms with Crippen molar-refractivity contribution in [3.8, 4) is 16.9 Å². The average molecular weight is 443 g/mol. The van der Waals surface area contributed by atoms with E-state index < -0.39 is 10.0 Å². The number of rotatable bonds is 11. The van der Waals surface area contributed by atoms with Gasteiger partial charge in [-0.05, 0) is 73.9 Å². The number of sulfonamides is 1. The molecule has 2 N–H and O–H groups in total. The number of primary sulfonamides is 1. The molecule has 0 fully saturated rings. The van der Waals surface area contributed by atoms with E-state index in [0.29, 0.717) is 5.69 Å². The first-order valence-electron chi connectivity index (χ1n) is 10.6. The maximum Gasteiger partial charge on any atom is 0.238 e. The van der Waals surface area contributed by atoms with Crippen molar-refractivity contribution in [1.29, 1.82) is 0 Å². The quantitative estimate of drug-likeness (QED) is 0.402. The molecule has 5 nitrogen and oxygen atoms in total. The molecule has 1 heterocycles. The highest BCUT2D eigenvalue weighted by Crippen LogP contribution is 2.26. The molecule has 1 aromatic heterocycles. The normalized spacial score (nSPS) is 11.7. The number of nitrogens with two attached hydrogens (primary N) is 1. The Labute approximate surface area is 184 Å². The molecule has 1 radical (unpaired) electrons. The molecule has 165 valence electrons. The SMILES string of the molecule is C[CH]CCCCCCCc1cc(-c2ccc(F)cc2)n(-c2ccc(S(N)(=O)=O)cc2)n1. The molecule has 7 heteroatoms. The number of aromatic nitrogens is 2. The van der Waals surface area contributed by atoms with Gasteiger partial charge < -0.3 is 0 Å². The van der Waals surface area contributed by atoms with Gasteiger partial charge in [-0.2, -0.15) is 5.10 Å². The number of hydrogen-bond acceptors (Lipinski definition) is 3. The summed E-state index contributed by atoms with van der Waals surface area (Å²) in [4.78, 5) is 0.0487. The van der Waals surface area contributed by atoms with Crippen LogP contribution in [0.15, 0.2) is 59.5 Å². The smallest absolute Gasteiger partial charge is 0.233 e. The number of benzene rings is 2. The van der Waals surface area contributed by atoms with E-state index in [4.69, 9.17) is 10.2 Å². The van der Waals surface area contributed by atoms with Crippen molar-refractivity contribution in [1.82, 2.24) is 9.78 Å². The minimum Gasteiger partial charge on any atom is -0.233 e. The number of unbranched alkanes of at least 4 members (excludes halogenated alkanes) is 6. The Balaban J connectivity index is 1.80. The fourth-order valence-corrected chi connectivity index (χ4v) is 4.05. The van der Waals surface area contributed by atoms with Gasteiger partial charge in [0.15, 0.2) is 0 Å². The third kappa shape index (κ3) is 6.48. The van der Waals surface area contributed by atoms with Crippen LogP contribution in [0.5, 0.6) is 0 Å². The monoisotopic (exact) mass is 442 g/mol. The lowest BCUT2D eigenvalue weighted by atomic mass is 10.1. The van der Waals surface area contributed by atoms with Crippen LogP contribution < -0.4 is 5.14 Å². The first-order chi connectivity index (χ1) is 14.9. The van der Waals surface area contributed by atoms with Crippen LogP contribution >= 0.6 is 0 Å². The summed E-state index contributed by atoms with van der Waals surface area (Å²) >= 11 is 0. The third-order valence-corrected chi connectivity index (χ3v) is 6.16. The molecule has 3 rings (SSSR count). The predicted octanol–water partition coefficient (Wildman–Crippen LogP) is 5.43. The minimum absolute atomic E-state index is 0.0487. The Bertz CT molecular complexity index is 1080. The first kappa shape index (κ1) is 23.2. The van der Waals surface area contributed by atoms with Crippen LogP contribution in [0.1, 0.15) is 51.1 Å². The molecule has 0 atom stereocenters. The summed E-state index contributed by atoms with van der Waals surface area (Å²) in [6, 6.07) is 14.6. The maximum atomic E-state index is 13.4. The highest BCUT2D eigenvalue weighted by Gasteiger charge is 2.14. The first-order valence-corrected chi connectivity index (χ1v) is 12.2. The van der Waals surface area contributed by atoms with Gasteiger partial charge in [0.1, 0.15) is 5.82 Å². The van der Waals surface area contributed by atoms with Crippen LogP contribution in [0.4, 0.5) is 4.39 Å². The molecule has 0 bridgehead atoms. The zero-order valence-corrected chi connectivity index (χ0v) is 18.6. The Kier molecular flexibility index (Phi) is 7.98. The van der Waals surface area contributed by atoms with Crippen LogP contribution in [-0.2, 0) is 16.4 Å². The molecule has 0 saturated carbocycles. The lowest BCUT2D eigenvalue weighted by Gasteiger charge is -2.08. The highest BCUT2D eigenvalue weighted by molar-refractivity contribution is 7.89. The van der Waals surface area contributed by atoms with Crippen molar-refractivity contribution in [2.45, 2.75) is 56.8 Å². The summed E-state index contributed by atoms with van der Waals surface area (Å²) in [6.45, 7) is 2.09. The van der Waals surface area contributed by atoms with E-state index in [1.165, 1.54) is 49.9 Å². The lowest BCUT2D eigenvalue weighted by molar-refractivity contribution is 0.597. The van der Waals surface area contributed by atoms with Gasteiger partial charge in [-0.1, -0.05) is 39.0 Å². The number of aryl methyl sites for hydroxylation is 1. The van der Waals surface area contributed by atoms with Crippen LogP contribution in [0.3, 0.4) is 0 Å². The second-order valence-corrected chi connectivity index (χ2v) is 9.25.